The summed E-state index contributed by atoms with van der Waals surface area (Å²) < 4.78 is 26.0. The predicted octanol–water partition coefficient (Wildman–Crippen LogP) is 4.05. The minimum atomic E-state index is -0.529. The number of ether oxygens (including phenoxy) is 2. The monoisotopic (exact) mass is 509 g/mol. The molecule has 1 aromatic carbocycles. The lowest BCUT2D eigenvalue weighted by Gasteiger charge is -2.29. The van der Waals surface area contributed by atoms with Crippen molar-refractivity contribution < 1.29 is 23.5 Å². The molecule has 0 unspecified atom stereocenters. The van der Waals surface area contributed by atoms with E-state index in [4.69, 9.17) is 9.47 Å². The third-order valence-electron chi connectivity index (χ3n) is 7.15. The largest absolute Gasteiger partial charge is 0.494 e. The van der Waals surface area contributed by atoms with Gasteiger partial charge in [-0.2, -0.15) is 0 Å². The van der Waals surface area contributed by atoms with Crippen molar-refractivity contribution >= 4 is 22.8 Å². The van der Waals surface area contributed by atoms with Crippen LogP contribution in [0.4, 0.5) is 4.39 Å². The van der Waals surface area contributed by atoms with Gasteiger partial charge in [0.15, 0.2) is 11.6 Å². The molecule has 9 nitrogen and oxygen atoms in total. The zero-order valence-corrected chi connectivity index (χ0v) is 21.3. The molecule has 2 amide bonds. The zero-order chi connectivity index (χ0) is 26.1. The van der Waals surface area contributed by atoms with Gasteiger partial charge in [0.05, 0.1) is 24.8 Å². The van der Waals surface area contributed by atoms with Gasteiger partial charge >= 0.3 is 0 Å². The Morgan fingerprint density at radius 3 is 2.41 bits per heavy atom. The Bertz CT molecular complexity index is 1330. The second-order valence-corrected chi connectivity index (χ2v) is 10.0. The molecule has 3 N–H and O–H groups in total. The van der Waals surface area contributed by atoms with Crippen LogP contribution in [0, 0.1) is 18.7 Å². The van der Waals surface area contributed by atoms with Crippen molar-refractivity contribution in [2.75, 3.05) is 13.7 Å². The number of nitrogens with zero attached hydrogens (tertiary/aromatic N) is 2. The van der Waals surface area contributed by atoms with E-state index in [0.717, 1.165) is 38.5 Å². The highest BCUT2D eigenvalue weighted by molar-refractivity contribution is 6.09. The van der Waals surface area contributed by atoms with Gasteiger partial charge in [-0.1, -0.05) is 0 Å². The number of aromatic amines is 1. The number of aryl methyl sites for hydroxylation is 1. The van der Waals surface area contributed by atoms with Crippen LogP contribution in [0.25, 0.3) is 22.3 Å². The number of methoxy groups -OCH3 is 1. The first-order valence-electron chi connectivity index (χ1n) is 12.8. The van der Waals surface area contributed by atoms with Crippen LogP contribution in [0.2, 0.25) is 0 Å². The summed E-state index contributed by atoms with van der Waals surface area (Å²) in [5.41, 5.74) is 3.02. The lowest BCUT2D eigenvalue weighted by Crippen LogP contribution is -2.43. The number of halogens is 1. The molecule has 2 saturated carbocycles. The molecular formula is C27H32FN5O4. The Balaban J connectivity index is 1.43. The molecule has 0 bridgehead atoms. The van der Waals surface area contributed by atoms with E-state index in [2.05, 4.69) is 25.6 Å². The molecule has 3 aromatic rings. The van der Waals surface area contributed by atoms with Crippen molar-refractivity contribution in [1.82, 2.24) is 25.6 Å². The molecule has 10 heteroatoms. The number of fused-ring (bicyclic) bond motifs is 1. The van der Waals surface area contributed by atoms with E-state index in [1.165, 1.54) is 26.4 Å². The number of amides is 2. The van der Waals surface area contributed by atoms with E-state index < -0.39 is 5.82 Å². The average Bonchev–Trinajstić information content (AvgIpc) is 3.63. The lowest BCUT2D eigenvalue weighted by atomic mass is 9.91. The molecule has 37 heavy (non-hydrogen) atoms. The van der Waals surface area contributed by atoms with E-state index in [1.54, 1.807) is 6.07 Å². The number of rotatable bonds is 8. The molecule has 196 valence electrons. The van der Waals surface area contributed by atoms with Crippen LogP contribution in [0.1, 0.15) is 61.5 Å². The van der Waals surface area contributed by atoms with Crippen LogP contribution in [0.15, 0.2) is 18.5 Å². The number of hydrogen-bond acceptors (Lipinski definition) is 6. The first-order chi connectivity index (χ1) is 17.8. The van der Waals surface area contributed by atoms with Gasteiger partial charge in [0.1, 0.15) is 23.3 Å². The summed E-state index contributed by atoms with van der Waals surface area (Å²) in [4.78, 5) is 36.8. The number of H-pyrrole nitrogens is 1. The van der Waals surface area contributed by atoms with Crippen molar-refractivity contribution in [2.45, 2.75) is 64.5 Å². The lowest BCUT2D eigenvalue weighted by molar-refractivity contribution is -0.119. The third kappa shape index (κ3) is 5.38. The van der Waals surface area contributed by atoms with Crippen LogP contribution in [0.5, 0.6) is 11.5 Å². The Kier molecular flexibility index (Phi) is 6.99. The van der Waals surface area contributed by atoms with Gasteiger partial charge in [-0.15, -0.1) is 0 Å². The van der Waals surface area contributed by atoms with Crippen molar-refractivity contribution in [1.29, 1.82) is 0 Å². The SMILES string of the molecule is COc1cc(OCC2CC2)c(-c2ncnc3c(C(=O)N[C@H]4CC[C@@H](NC(C)=O)CC4)c(C)[nH]c23)cc1F. The zero-order valence-electron chi connectivity index (χ0n) is 21.3. The molecule has 0 atom stereocenters. The third-order valence-corrected chi connectivity index (χ3v) is 7.15. The van der Waals surface area contributed by atoms with Gasteiger partial charge in [-0.25, -0.2) is 14.4 Å². The van der Waals surface area contributed by atoms with Gasteiger partial charge in [-0.05, 0) is 57.4 Å². The molecule has 0 aliphatic heterocycles. The molecule has 2 aliphatic carbocycles. The van der Waals surface area contributed by atoms with Crippen molar-refractivity contribution in [3.63, 3.8) is 0 Å². The molecule has 5 rings (SSSR count). The predicted molar refractivity (Wildman–Crippen MR) is 136 cm³/mol. The minimum absolute atomic E-state index is 0.0151. The normalized spacial score (nSPS) is 19.5. The van der Waals surface area contributed by atoms with Crippen LogP contribution >= 0.6 is 0 Å². The summed E-state index contributed by atoms with van der Waals surface area (Å²) in [5.74, 6) is 0.290. The Hall–Kier alpha value is -3.69. The molecule has 0 radical (unpaired) electrons. The fourth-order valence-electron chi connectivity index (χ4n) is 5.02. The smallest absolute Gasteiger partial charge is 0.255 e. The summed E-state index contributed by atoms with van der Waals surface area (Å²) in [6.45, 7) is 3.87. The first kappa shape index (κ1) is 25.0. The van der Waals surface area contributed by atoms with Crippen LogP contribution < -0.4 is 20.1 Å². The molecule has 0 saturated heterocycles. The van der Waals surface area contributed by atoms with E-state index in [-0.39, 0.29) is 29.6 Å². The number of carbonyl (C=O) groups excluding carboxylic acids is 2. The summed E-state index contributed by atoms with van der Waals surface area (Å²) in [7, 11) is 1.41. The second kappa shape index (κ2) is 10.4. The molecule has 2 aliphatic rings. The van der Waals surface area contributed by atoms with Gasteiger partial charge in [0.2, 0.25) is 5.91 Å². The van der Waals surface area contributed by atoms with Crippen LogP contribution in [0.3, 0.4) is 0 Å². The van der Waals surface area contributed by atoms with Crippen LogP contribution in [-0.4, -0.2) is 52.6 Å². The molecule has 2 heterocycles. The number of aromatic nitrogens is 3. The number of benzene rings is 1. The molecule has 2 fully saturated rings. The fraction of sp³-hybridized carbons (Fsp3) is 0.481. The van der Waals surface area contributed by atoms with Crippen molar-refractivity contribution in [2.24, 2.45) is 5.92 Å². The minimum Gasteiger partial charge on any atom is -0.494 e. The van der Waals surface area contributed by atoms with Gasteiger partial charge in [0, 0.05) is 36.3 Å². The topological polar surface area (TPSA) is 118 Å². The summed E-state index contributed by atoms with van der Waals surface area (Å²) in [6, 6.07) is 3.06. The van der Waals surface area contributed by atoms with Gasteiger partial charge in [0.25, 0.3) is 5.91 Å². The van der Waals surface area contributed by atoms with Gasteiger partial charge < -0.3 is 25.1 Å². The Labute approximate surface area is 214 Å². The standard InChI is InChI=1S/C27H32FN5O4/c1-14-23(27(35)33-18-8-6-17(7-9-18)32-15(2)34)25-26(31-14)24(29-13-30-25)19-10-20(28)22(36-3)11-21(19)37-12-16-4-5-16/h10-11,13,16-18,31H,4-9,12H2,1-3H3,(H,32,34)(H,33,35)/t17-,18+. The average molecular weight is 510 g/mol. The quantitative estimate of drug-likeness (QED) is 0.422. The number of carbonyl (C=O) groups is 2. The maximum atomic E-state index is 14.8. The highest BCUT2D eigenvalue weighted by atomic mass is 19.1. The van der Waals surface area contributed by atoms with Crippen LogP contribution in [-0.2, 0) is 4.79 Å². The number of hydrogen-bond donors (Lipinski definition) is 3. The Morgan fingerprint density at radius 1 is 1.05 bits per heavy atom. The molecular weight excluding hydrogens is 477 g/mol. The van der Waals surface area contributed by atoms with E-state index in [0.29, 0.717) is 51.8 Å². The summed E-state index contributed by atoms with van der Waals surface area (Å²) in [5, 5.41) is 6.08. The highest BCUT2D eigenvalue weighted by Crippen LogP contribution is 2.39. The highest BCUT2D eigenvalue weighted by Gasteiger charge is 2.28. The molecule has 2 aromatic heterocycles. The molecule has 0 spiro atoms. The Morgan fingerprint density at radius 2 is 1.76 bits per heavy atom. The second-order valence-electron chi connectivity index (χ2n) is 10.0. The summed E-state index contributed by atoms with van der Waals surface area (Å²) >= 11 is 0. The number of nitrogens with one attached hydrogen (secondary N) is 3. The van der Waals surface area contributed by atoms with E-state index in [9.17, 15) is 14.0 Å². The van der Waals surface area contributed by atoms with E-state index >= 15 is 0 Å². The van der Waals surface area contributed by atoms with E-state index in [1.807, 2.05) is 6.92 Å². The maximum absolute atomic E-state index is 14.8. The van der Waals surface area contributed by atoms with Gasteiger partial charge in [-0.3, -0.25) is 9.59 Å². The van der Waals surface area contributed by atoms with Crippen molar-refractivity contribution in [3.05, 3.63) is 35.5 Å². The first-order valence-corrected chi connectivity index (χ1v) is 12.8. The maximum Gasteiger partial charge on any atom is 0.255 e. The fourth-order valence-corrected chi connectivity index (χ4v) is 5.02. The van der Waals surface area contributed by atoms with Crippen molar-refractivity contribution in [3.8, 4) is 22.8 Å². The summed E-state index contributed by atoms with van der Waals surface area (Å²) in [6.07, 6.45) is 6.82.